The van der Waals surface area contributed by atoms with E-state index in [4.69, 9.17) is 0 Å². The smallest absolute Gasteiger partial charge is 0.287 e. The van der Waals surface area contributed by atoms with Gasteiger partial charge in [-0.2, -0.15) is 0 Å². The van der Waals surface area contributed by atoms with Crippen LogP contribution in [0.5, 0.6) is 0 Å². The molecule has 1 heterocycles. The second-order valence-corrected chi connectivity index (χ2v) is 9.30. The normalized spacial score (nSPS) is 11.0. The van der Waals surface area contributed by atoms with Crippen molar-refractivity contribution in [2.45, 2.75) is 135 Å². The molecule has 0 bridgehead atoms. The summed E-state index contributed by atoms with van der Waals surface area (Å²) >= 11 is 0. The molecule has 5 nitrogen and oxygen atoms in total. The Morgan fingerprint density at radius 1 is 0.688 bits per heavy atom. The monoisotopic (exact) mass is 447 g/mol. The van der Waals surface area contributed by atoms with Gasteiger partial charge in [-0.3, -0.25) is 10.1 Å². The van der Waals surface area contributed by atoms with E-state index in [-0.39, 0.29) is 5.69 Å². The summed E-state index contributed by atoms with van der Waals surface area (Å²) in [6, 6.07) is 3.17. The summed E-state index contributed by atoms with van der Waals surface area (Å²) in [6.07, 6.45) is 29.1. The number of hydrogen-bond donors (Lipinski definition) is 1. The second-order valence-electron chi connectivity index (χ2n) is 9.30. The molecule has 0 atom stereocenters. The maximum absolute atomic E-state index is 10.6. The van der Waals surface area contributed by atoms with E-state index in [1.54, 1.807) is 6.07 Å². The first kappa shape index (κ1) is 28.4. The number of unbranched alkanes of at least 4 members (excludes halogenated alkanes) is 19. The van der Waals surface area contributed by atoms with Crippen molar-refractivity contribution >= 4 is 11.5 Å². The fraction of sp³-hybridized carbons (Fsp3) is 0.815. The lowest BCUT2D eigenvalue weighted by Crippen LogP contribution is -2.03. The molecule has 0 spiro atoms. The fourth-order valence-electron chi connectivity index (χ4n) is 4.20. The number of hydrogen-bond acceptors (Lipinski definition) is 4. The van der Waals surface area contributed by atoms with E-state index in [1.165, 1.54) is 134 Å². The Morgan fingerprint density at radius 2 is 1.09 bits per heavy atom. The number of nitrogens with one attached hydrogen (secondary N) is 1. The molecule has 0 saturated heterocycles. The summed E-state index contributed by atoms with van der Waals surface area (Å²) < 4.78 is 0. The first-order valence-corrected chi connectivity index (χ1v) is 13.6. The van der Waals surface area contributed by atoms with Crippen LogP contribution in [0.15, 0.2) is 18.3 Å². The summed E-state index contributed by atoms with van der Waals surface area (Å²) in [7, 11) is 0. The molecule has 0 aromatic carbocycles. The van der Waals surface area contributed by atoms with Gasteiger partial charge >= 0.3 is 0 Å². The summed E-state index contributed by atoms with van der Waals surface area (Å²) in [5.41, 5.74) is 0.0364. The molecular weight excluding hydrogens is 398 g/mol. The average molecular weight is 448 g/mol. The highest BCUT2D eigenvalue weighted by Gasteiger charge is 2.04. The Hall–Kier alpha value is -1.65. The summed E-state index contributed by atoms with van der Waals surface area (Å²) in [5.74, 6) is 0.716. The molecular formula is C27H49N3O2. The van der Waals surface area contributed by atoms with Crippen LogP contribution >= 0.6 is 0 Å². The van der Waals surface area contributed by atoms with E-state index in [1.807, 2.05) is 0 Å². The molecule has 1 aromatic rings. The first-order valence-electron chi connectivity index (χ1n) is 13.6. The Labute approximate surface area is 197 Å². The predicted octanol–water partition coefficient (Wildman–Crippen LogP) is 9.22. The molecule has 32 heavy (non-hydrogen) atoms. The number of rotatable bonds is 23. The van der Waals surface area contributed by atoms with Crippen molar-refractivity contribution in [2.75, 3.05) is 11.9 Å². The van der Waals surface area contributed by atoms with Crippen LogP contribution in [0, 0.1) is 10.1 Å². The lowest BCUT2D eigenvalue weighted by molar-refractivity contribution is -0.385. The third kappa shape index (κ3) is 17.0. The lowest BCUT2D eigenvalue weighted by Gasteiger charge is -2.05. The highest BCUT2D eigenvalue weighted by molar-refractivity contribution is 5.39. The highest BCUT2D eigenvalue weighted by Crippen LogP contribution is 2.15. The van der Waals surface area contributed by atoms with Crippen LogP contribution in [0.2, 0.25) is 0 Å². The number of nitrogens with zero attached hydrogens (tertiary/aromatic N) is 2. The summed E-state index contributed by atoms with van der Waals surface area (Å²) in [4.78, 5) is 14.3. The van der Waals surface area contributed by atoms with Crippen LogP contribution in [-0.4, -0.2) is 16.5 Å². The molecule has 1 N–H and O–H groups in total. The number of anilines is 1. The van der Waals surface area contributed by atoms with E-state index in [0.29, 0.717) is 5.82 Å². The maximum atomic E-state index is 10.6. The number of aromatic nitrogens is 1. The van der Waals surface area contributed by atoms with Gasteiger partial charge in [-0.05, 0) is 12.5 Å². The molecule has 0 radical (unpaired) electrons. The third-order valence-electron chi connectivity index (χ3n) is 6.30. The largest absolute Gasteiger partial charge is 0.370 e. The van der Waals surface area contributed by atoms with Crippen molar-refractivity contribution in [1.29, 1.82) is 0 Å². The molecule has 1 aromatic heterocycles. The Kier molecular flexibility index (Phi) is 18.8. The van der Waals surface area contributed by atoms with Gasteiger partial charge in [0.1, 0.15) is 12.0 Å². The van der Waals surface area contributed by atoms with Crippen LogP contribution in [0.1, 0.15) is 135 Å². The highest BCUT2D eigenvalue weighted by atomic mass is 16.6. The fourth-order valence-corrected chi connectivity index (χ4v) is 4.20. The molecule has 0 aliphatic heterocycles. The zero-order valence-electron chi connectivity index (χ0n) is 20.8. The van der Waals surface area contributed by atoms with E-state index in [0.717, 1.165) is 13.0 Å². The van der Waals surface area contributed by atoms with Crippen LogP contribution in [0.4, 0.5) is 11.5 Å². The number of pyridine rings is 1. The minimum atomic E-state index is -0.421. The van der Waals surface area contributed by atoms with Gasteiger partial charge in [0, 0.05) is 12.6 Å². The number of nitro groups is 1. The van der Waals surface area contributed by atoms with Gasteiger partial charge in [-0.1, -0.05) is 129 Å². The van der Waals surface area contributed by atoms with Gasteiger partial charge in [0.25, 0.3) is 5.69 Å². The molecule has 1 rings (SSSR count). The quantitative estimate of drug-likeness (QED) is 0.103. The molecule has 0 aliphatic rings. The van der Waals surface area contributed by atoms with Gasteiger partial charge in [-0.25, -0.2) is 4.98 Å². The van der Waals surface area contributed by atoms with Crippen molar-refractivity contribution in [2.24, 2.45) is 0 Å². The maximum Gasteiger partial charge on any atom is 0.287 e. The van der Waals surface area contributed by atoms with Gasteiger partial charge < -0.3 is 5.32 Å². The second kappa shape index (κ2) is 21.2. The predicted molar refractivity (Wildman–Crippen MR) is 137 cm³/mol. The zero-order chi connectivity index (χ0) is 23.1. The van der Waals surface area contributed by atoms with E-state index >= 15 is 0 Å². The van der Waals surface area contributed by atoms with Gasteiger partial charge in [-0.15, -0.1) is 0 Å². The average Bonchev–Trinajstić information content (AvgIpc) is 2.80. The minimum absolute atomic E-state index is 0.0364. The summed E-state index contributed by atoms with van der Waals surface area (Å²) in [6.45, 7) is 3.17. The topological polar surface area (TPSA) is 68.1 Å². The van der Waals surface area contributed by atoms with Crippen molar-refractivity contribution in [3.63, 3.8) is 0 Å². The Bertz CT molecular complexity index is 548. The molecule has 0 aliphatic carbocycles. The van der Waals surface area contributed by atoms with E-state index in [9.17, 15) is 10.1 Å². The Morgan fingerprint density at radius 3 is 1.44 bits per heavy atom. The van der Waals surface area contributed by atoms with Crippen molar-refractivity contribution in [1.82, 2.24) is 4.98 Å². The molecule has 184 valence electrons. The van der Waals surface area contributed by atoms with Crippen LogP contribution in [-0.2, 0) is 0 Å². The molecule has 0 saturated carbocycles. The van der Waals surface area contributed by atoms with Crippen LogP contribution in [0.25, 0.3) is 0 Å². The minimum Gasteiger partial charge on any atom is -0.370 e. The van der Waals surface area contributed by atoms with Gasteiger partial charge in [0.15, 0.2) is 0 Å². The summed E-state index contributed by atoms with van der Waals surface area (Å²) in [5, 5.41) is 13.8. The van der Waals surface area contributed by atoms with Crippen LogP contribution in [0.3, 0.4) is 0 Å². The molecule has 0 unspecified atom stereocenters. The van der Waals surface area contributed by atoms with Crippen molar-refractivity contribution in [3.05, 3.63) is 28.4 Å². The standard InChI is InChI=1S/C27H49N3O2/c1-2-3-4-5-6-7-8-9-10-11-12-13-14-15-16-17-18-19-20-21-24-28-27-23-22-26(25-29-27)30(31)32/h22-23,25H,2-21,24H2,1H3,(H,28,29). The SMILES string of the molecule is CCCCCCCCCCCCCCCCCCCCCCNc1ccc([N+](=O)[O-])cn1. The van der Waals surface area contributed by atoms with Gasteiger partial charge in [0.05, 0.1) is 4.92 Å². The van der Waals surface area contributed by atoms with Crippen LogP contribution < -0.4 is 5.32 Å². The third-order valence-corrected chi connectivity index (χ3v) is 6.30. The first-order chi connectivity index (χ1) is 15.7. The molecule has 0 fully saturated rings. The molecule has 5 heteroatoms. The zero-order valence-corrected chi connectivity index (χ0v) is 20.8. The van der Waals surface area contributed by atoms with Crippen molar-refractivity contribution < 1.29 is 4.92 Å². The Balaban J connectivity index is 1.73. The van der Waals surface area contributed by atoms with Crippen molar-refractivity contribution in [3.8, 4) is 0 Å². The molecule has 0 amide bonds. The van der Waals surface area contributed by atoms with E-state index in [2.05, 4.69) is 17.2 Å². The van der Waals surface area contributed by atoms with Gasteiger partial charge in [0.2, 0.25) is 0 Å². The van der Waals surface area contributed by atoms with E-state index < -0.39 is 4.92 Å². The lowest BCUT2D eigenvalue weighted by atomic mass is 10.0.